The lowest BCUT2D eigenvalue weighted by Crippen LogP contribution is -2.40. The van der Waals surface area contributed by atoms with Crippen LogP contribution in [-0.4, -0.2) is 44.2 Å². The molecule has 1 N–H and O–H groups in total. The van der Waals surface area contributed by atoms with Crippen molar-refractivity contribution >= 4 is 17.5 Å². The van der Waals surface area contributed by atoms with E-state index in [0.717, 1.165) is 67.4 Å². The fourth-order valence-electron chi connectivity index (χ4n) is 4.01. The predicted molar refractivity (Wildman–Crippen MR) is 125 cm³/mol. The first kappa shape index (κ1) is 23.4. The van der Waals surface area contributed by atoms with Gasteiger partial charge in [-0.05, 0) is 75.0 Å². The van der Waals surface area contributed by atoms with E-state index in [1.165, 1.54) is 5.56 Å². The van der Waals surface area contributed by atoms with Gasteiger partial charge < -0.3 is 14.8 Å². The van der Waals surface area contributed by atoms with Gasteiger partial charge in [-0.2, -0.15) is 0 Å². The van der Waals surface area contributed by atoms with E-state index in [2.05, 4.69) is 22.3 Å². The molecule has 1 aliphatic rings. The Morgan fingerprint density at radius 2 is 1.94 bits per heavy atom. The number of rotatable bonds is 10. The summed E-state index contributed by atoms with van der Waals surface area (Å²) in [6.07, 6.45) is 3.58. The topological polar surface area (TPSA) is 50.8 Å². The molecule has 6 heteroatoms. The highest BCUT2D eigenvalue weighted by Crippen LogP contribution is 2.28. The van der Waals surface area contributed by atoms with Gasteiger partial charge in [0.1, 0.15) is 0 Å². The number of likely N-dealkylation sites (tertiary alicyclic amines) is 1. The third-order valence-corrected chi connectivity index (χ3v) is 6.15. The number of nitrogens with one attached hydrogen (secondary N) is 1. The molecule has 1 heterocycles. The molecule has 0 spiro atoms. The van der Waals surface area contributed by atoms with Crippen LogP contribution in [-0.2, 0) is 17.8 Å². The number of methoxy groups -OCH3 is 1. The van der Waals surface area contributed by atoms with Gasteiger partial charge in [0.05, 0.1) is 13.7 Å². The number of amides is 1. The van der Waals surface area contributed by atoms with Crippen LogP contribution in [0.1, 0.15) is 37.3 Å². The number of halogens is 1. The number of hydrogen-bond acceptors (Lipinski definition) is 4. The smallest absolute Gasteiger partial charge is 0.223 e. The molecule has 5 nitrogen and oxygen atoms in total. The number of hydrogen-bond donors (Lipinski definition) is 1. The summed E-state index contributed by atoms with van der Waals surface area (Å²) in [7, 11) is 1.65. The van der Waals surface area contributed by atoms with E-state index in [4.69, 9.17) is 21.1 Å². The summed E-state index contributed by atoms with van der Waals surface area (Å²) in [5.41, 5.74) is 2.33. The first-order valence-corrected chi connectivity index (χ1v) is 11.5. The molecule has 0 saturated carbocycles. The first-order chi connectivity index (χ1) is 15.1. The Hall–Kier alpha value is -2.24. The molecule has 1 aliphatic heterocycles. The zero-order chi connectivity index (χ0) is 22.1. The second kappa shape index (κ2) is 12.0. The highest BCUT2D eigenvalue weighted by Gasteiger charge is 2.24. The zero-order valence-corrected chi connectivity index (χ0v) is 19.3. The summed E-state index contributed by atoms with van der Waals surface area (Å²) >= 11 is 6.27. The molecule has 0 aliphatic carbocycles. The van der Waals surface area contributed by atoms with Crippen LogP contribution >= 0.6 is 11.6 Å². The summed E-state index contributed by atoms with van der Waals surface area (Å²) in [5, 5.41) is 3.93. The van der Waals surface area contributed by atoms with Crippen molar-refractivity contribution in [1.29, 1.82) is 0 Å². The Kier molecular flexibility index (Phi) is 9.04. The van der Waals surface area contributed by atoms with E-state index in [1.54, 1.807) is 7.11 Å². The highest BCUT2D eigenvalue weighted by atomic mass is 35.5. The molecule has 0 aromatic heterocycles. The van der Waals surface area contributed by atoms with Gasteiger partial charge in [0.15, 0.2) is 11.5 Å². The largest absolute Gasteiger partial charge is 0.493 e. The maximum absolute atomic E-state index is 12.6. The van der Waals surface area contributed by atoms with Crippen molar-refractivity contribution in [3.05, 3.63) is 58.6 Å². The maximum Gasteiger partial charge on any atom is 0.223 e. The molecule has 2 aromatic rings. The minimum atomic E-state index is 0.105. The normalized spacial score (nSPS) is 14.9. The Morgan fingerprint density at radius 1 is 1.16 bits per heavy atom. The molecule has 168 valence electrons. The van der Waals surface area contributed by atoms with Crippen LogP contribution in [0.2, 0.25) is 5.02 Å². The van der Waals surface area contributed by atoms with Crippen LogP contribution in [0.4, 0.5) is 0 Å². The van der Waals surface area contributed by atoms with E-state index >= 15 is 0 Å². The van der Waals surface area contributed by atoms with Gasteiger partial charge in [-0.15, -0.1) is 0 Å². The Morgan fingerprint density at radius 3 is 2.65 bits per heavy atom. The fourth-order valence-corrected chi connectivity index (χ4v) is 4.21. The molecule has 1 saturated heterocycles. The van der Waals surface area contributed by atoms with Crippen molar-refractivity contribution in [2.24, 2.45) is 5.92 Å². The van der Waals surface area contributed by atoms with Gasteiger partial charge in [-0.25, -0.2) is 0 Å². The van der Waals surface area contributed by atoms with Crippen molar-refractivity contribution in [3.63, 3.8) is 0 Å². The average Bonchev–Trinajstić information content (AvgIpc) is 2.79. The number of aryl methyl sites for hydroxylation is 1. The van der Waals surface area contributed by atoms with Crippen LogP contribution in [0, 0.1) is 5.92 Å². The van der Waals surface area contributed by atoms with Gasteiger partial charge in [0.2, 0.25) is 5.91 Å². The van der Waals surface area contributed by atoms with E-state index in [9.17, 15) is 4.79 Å². The van der Waals surface area contributed by atoms with E-state index in [1.807, 2.05) is 37.3 Å². The van der Waals surface area contributed by atoms with Crippen LogP contribution in [0.15, 0.2) is 42.5 Å². The minimum Gasteiger partial charge on any atom is -0.493 e. The van der Waals surface area contributed by atoms with E-state index in [0.29, 0.717) is 13.2 Å². The van der Waals surface area contributed by atoms with Crippen LogP contribution in [0.3, 0.4) is 0 Å². The molecule has 2 aromatic carbocycles. The molecule has 0 atom stereocenters. The minimum absolute atomic E-state index is 0.105. The predicted octanol–water partition coefficient (Wildman–Crippen LogP) is 4.71. The van der Waals surface area contributed by atoms with E-state index in [-0.39, 0.29) is 11.8 Å². The van der Waals surface area contributed by atoms with Crippen LogP contribution < -0.4 is 14.8 Å². The van der Waals surface area contributed by atoms with Crippen molar-refractivity contribution in [1.82, 2.24) is 10.2 Å². The van der Waals surface area contributed by atoms with Crippen molar-refractivity contribution in [3.8, 4) is 11.5 Å². The highest BCUT2D eigenvalue weighted by molar-refractivity contribution is 6.31. The molecule has 0 radical (unpaired) electrons. The van der Waals surface area contributed by atoms with Crippen LogP contribution in [0.25, 0.3) is 0 Å². The number of benzene rings is 2. The van der Waals surface area contributed by atoms with Crippen LogP contribution in [0.5, 0.6) is 11.5 Å². The standard InChI is InChI=1S/C25H33ClN2O3/c1-3-31-23-11-10-19(17-24(23)30-2)7-6-14-27-25(29)20-12-15-28(16-13-20)18-21-8-4-5-9-22(21)26/h4-5,8-11,17,20H,3,6-7,12-16,18H2,1-2H3,(H,27,29). The van der Waals surface area contributed by atoms with Gasteiger partial charge in [0.25, 0.3) is 0 Å². The van der Waals surface area contributed by atoms with E-state index < -0.39 is 0 Å². The quantitative estimate of drug-likeness (QED) is 0.539. The fraction of sp³-hybridized carbons (Fsp3) is 0.480. The SMILES string of the molecule is CCOc1ccc(CCCNC(=O)C2CCN(Cc3ccccc3Cl)CC2)cc1OC. The molecule has 3 rings (SSSR count). The molecular formula is C25H33ClN2O3. The number of ether oxygens (including phenoxy) is 2. The molecular weight excluding hydrogens is 412 g/mol. The van der Waals surface area contributed by atoms with Gasteiger partial charge in [-0.1, -0.05) is 35.9 Å². The Balaban J connectivity index is 1.36. The monoisotopic (exact) mass is 444 g/mol. The number of nitrogens with zero attached hydrogens (tertiary/aromatic N) is 1. The molecule has 1 amide bonds. The molecule has 31 heavy (non-hydrogen) atoms. The summed E-state index contributed by atoms with van der Waals surface area (Å²) in [4.78, 5) is 14.9. The van der Waals surface area contributed by atoms with Crippen molar-refractivity contribution in [2.45, 2.75) is 39.2 Å². The molecule has 0 bridgehead atoms. The number of piperidine rings is 1. The lowest BCUT2D eigenvalue weighted by Gasteiger charge is -2.31. The third kappa shape index (κ3) is 6.88. The van der Waals surface area contributed by atoms with Gasteiger partial charge in [-0.3, -0.25) is 9.69 Å². The molecule has 1 fully saturated rings. The summed E-state index contributed by atoms with van der Waals surface area (Å²) < 4.78 is 11.0. The van der Waals surface area contributed by atoms with Gasteiger partial charge >= 0.3 is 0 Å². The second-order valence-corrected chi connectivity index (χ2v) is 8.36. The summed E-state index contributed by atoms with van der Waals surface area (Å²) in [6, 6.07) is 14.0. The second-order valence-electron chi connectivity index (χ2n) is 7.95. The lowest BCUT2D eigenvalue weighted by molar-refractivity contribution is -0.126. The maximum atomic E-state index is 12.6. The summed E-state index contributed by atoms with van der Waals surface area (Å²) in [6.45, 7) is 5.96. The molecule has 0 unspecified atom stereocenters. The Labute approximate surface area is 190 Å². The third-order valence-electron chi connectivity index (χ3n) is 5.78. The number of carbonyl (C=O) groups excluding carboxylic acids is 1. The summed E-state index contributed by atoms with van der Waals surface area (Å²) in [5.74, 6) is 1.81. The first-order valence-electron chi connectivity index (χ1n) is 11.1. The van der Waals surface area contributed by atoms with Gasteiger partial charge in [0, 0.05) is 24.0 Å². The van der Waals surface area contributed by atoms with Crippen molar-refractivity contribution < 1.29 is 14.3 Å². The zero-order valence-electron chi connectivity index (χ0n) is 18.5. The van der Waals surface area contributed by atoms with Crippen molar-refractivity contribution in [2.75, 3.05) is 33.4 Å². The lowest BCUT2D eigenvalue weighted by atomic mass is 9.95. The average molecular weight is 445 g/mol. The number of carbonyl (C=O) groups is 1. The Bertz CT molecular complexity index is 850.